The van der Waals surface area contributed by atoms with Gasteiger partial charge in [0.05, 0.1) is 22.9 Å². The van der Waals surface area contributed by atoms with Gasteiger partial charge in [-0.3, -0.25) is 5.10 Å². The number of benzene rings is 1. The number of rotatable bonds is 2. The summed E-state index contributed by atoms with van der Waals surface area (Å²) in [6.45, 7) is 2.50. The molecule has 4 heteroatoms. The molecule has 1 saturated carbocycles. The van der Waals surface area contributed by atoms with E-state index in [0.717, 1.165) is 24.8 Å². The molecule has 1 saturated heterocycles. The van der Waals surface area contributed by atoms with Crippen molar-refractivity contribution in [2.24, 2.45) is 11.3 Å². The van der Waals surface area contributed by atoms with E-state index in [-0.39, 0.29) is 16.6 Å². The van der Waals surface area contributed by atoms with E-state index in [4.69, 9.17) is 4.74 Å². The van der Waals surface area contributed by atoms with Gasteiger partial charge in [-0.2, -0.15) is 5.10 Å². The number of aromatic nitrogens is 2. The maximum atomic E-state index is 7.37. The number of ether oxygens (including phenoxy) is 1. The third kappa shape index (κ3) is 2.32. The maximum absolute atomic E-state index is 7.37. The van der Waals surface area contributed by atoms with Crippen molar-refractivity contribution >= 4 is 16.5 Å². The molecule has 1 N–H and O–H groups in total. The first-order valence-electron chi connectivity index (χ1n) is 12.4. The van der Waals surface area contributed by atoms with Crippen molar-refractivity contribution in [1.82, 2.24) is 15.1 Å². The fourth-order valence-corrected chi connectivity index (χ4v) is 7.96. The smallest absolute Gasteiger partial charge is 0.0980 e. The molecule has 1 aromatic heterocycles. The summed E-state index contributed by atoms with van der Waals surface area (Å²) in [5.74, 6) is 0.516. The third-order valence-corrected chi connectivity index (χ3v) is 9.73. The summed E-state index contributed by atoms with van der Waals surface area (Å²) in [5.41, 5.74) is 7.02. The quantitative estimate of drug-likeness (QED) is 0.674. The maximum Gasteiger partial charge on any atom is 0.0980 e. The summed E-state index contributed by atoms with van der Waals surface area (Å²) < 4.78 is 7.37. The van der Waals surface area contributed by atoms with Crippen molar-refractivity contribution in [3.8, 4) is 0 Å². The van der Waals surface area contributed by atoms with Gasteiger partial charge in [0.25, 0.3) is 0 Å². The van der Waals surface area contributed by atoms with Crippen molar-refractivity contribution in [1.29, 1.82) is 0 Å². The molecule has 2 bridgehead atoms. The molecule has 7 rings (SSSR count). The molecular formula is C28H33N3O. The topological polar surface area (TPSA) is 41.2 Å². The van der Waals surface area contributed by atoms with Crippen LogP contribution in [0.15, 0.2) is 53.8 Å². The number of hydrogen-bond donors (Lipinski definition) is 1. The van der Waals surface area contributed by atoms with Gasteiger partial charge in [0, 0.05) is 22.8 Å². The Labute approximate surface area is 190 Å². The van der Waals surface area contributed by atoms with Crippen molar-refractivity contribution in [3.05, 3.63) is 59.3 Å². The number of nitrogens with zero attached hydrogens (tertiary/aromatic N) is 2. The fraction of sp³-hybridized carbons (Fsp3) is 0.536. The van der Waals surface area contributed by atoms with Crippen molar-refractivity contribution < 1.29 is 4.74 Å². The lowest BCUT2D eigenvalue weighted by Gasteiger charge is -2.54. The van der Waals surface area contributed by atoms with Crippen LogP contribution in [0, 0.1) is 11.3 Å². The van der Waals surface area contributed by atoms with Crippen LogP contribution in [0.2, 0.25) is 0 Å². The minimum absolute atomic E-state index is 0.0266. The van der Waals surface area contributed by atoms with Crippen LogP contribution in [0.4, 0.5) is 0 Å². The van der Waals surface area contributed by atoms with Crippen LogP contribution in [-0.2, 0) is 4.74 Å². The number of hydrogen-bond acceptors (Lipinski definition) is 3. The molecule has 0 amide bonds. The molecule has 32 heavy (non-hydrogen) atoms. The number of nitrogens with one attached hydrogen (secondary N) is 1. The van der Waals surface area contributed by atoms with Crippen molar-refractivity contribution in [2.75, 3.05) is 14.1 Å². The van der Waals surface area contributed by atoms with E-state index < -0.39 is 0 Å². The first-order valence-corrected chi connectivity index (χ1v) is 12.4. The van der Waals surface area contributed by atoms with Gasteiger partial charge in [-0.25, -0.2) is 0 Å². The molecule has 5 aliphatic rings. The Bertz CT molecular complexity index is 1220. The highest BCUT2D eigenvalue weighted by Crippen LogP contribution is 2.67. The lowest BCUT2D eigenvalue weighted by atomic mass is 9.58. The van der Waals surface area contributed by atoms with Crippen molar-refractivity contribution in [2.45, 2.75) is 69.1 Å². The van der Waals surface area contributed by atoms with E-state index in [0.29, 0.717) is 12.0 Å². The van der Waals surface area contributed by atoms with Gasteiger partial charge in [-0.1, -0.05) is 31.2 Å². The molecule has 0 radical (unpaired) electrons. The molecule has 1 aromatic carbocycles. The lowest BCUT2D eigenvalue weighted by Crippen LogP contribution is -2.54. The number of fused-ring (bicyclic) bond motifs is 2. The summed E-state index contributed by atoms with van der Waals surface area (Å²) in [6, 6.07) is 7.39. The lowest BCUT2D eigenvalue weighted by molar-refractivity contribution is -0.134. The highest BCUT2D eigenvalue weighted by atomic mass is 16.5. The average molecular weight is 428 g/mol. The molecule has 166 valence electrons. The minimum Gasteiger partial charge on any atom is -0.359 e. The van der Waals surface area contributed by atoms with Gasteiger partial charge in [0.15, 0.2) is 0 Å². The molecule has 2 aromatic rings. The summed E-state index contributed by atoms with van der Waals surface area (Å²) in [4.78, 5) is 2.41. The Balaban J connectivity index is 1.29. The number of allylic oxidation sites excluding steroid dienone is 3. The average Bonchev–Trinajstić information content (AvgIpc) is 3.47. The van der Waals surface area contributed by atoms with Crippen LogP contribution < -0.4 is 0 Å². The molecule has 1 unspecified atom stereocenters. The third-order valence-electron chi connectivity index (χ3n) is 9.73. The number of H-pyrrole nitrogens is 1. The molecule has 2 aliphatic heterocycles. The van der Waals surface area contributed by atoms with Gasteiger partial charge in [-0.15, -0.1) is 0 Å². The molecule has 4 nitrogen and oxygen atoms in total. The van der Waals surface area contributed by atoms with E-state index in [1.54, 1.807) is 5.57 Å². The zero-order chi connectivity index (χ0) is 21.7. The Morgan fingerprint density at radius 2 is 2.09 bits per heavy atom. The normalized spacial score (nSPS) is 39.9. The second-order valence-electron chi connectivity index (χ2n) is 11.4. The molecule has 2 fully saturated rings. The largest absolute Gasteiger partial charge is 0.359 e. The van der Waals surface area contributed by atoms with Crippen molar-refractivity contribution in [3.63, 3.8) is 0 Å². The molecule has 3 aliphatic carbocycles. The zero-order valence-corrected chi connectivity index (χ0v) is 19.4. The van der Waals surface area contributed by atoms with Gasteiger partial charge in [-0.05, 0) is 93.5 Å². The first kappa shape index (κ1) is 19.3. The van der Waals surface area contributed by atoms with E-state index in [2.05, 4.69) is 72.5 Å². The van der Waals surface area contributed by atoms with E-state index in [1.807, 2.05) is 6.20 Å². The molecular weight excluding hydrogens is 394 g/mol. The summed E-state index contributed by atoms with van der Waals surface area (Å²) in [5, 5.41) is 8.51. The summed E-state index contributed by atoms with van der Waals surface area (Å²) in [6.07, 6.45) is 17.7. The highest BCUT2D eigenvalue weighted by Gasteiger charge is 2.65. The Hall–Kier alpha value is -2.17. The molecule has 2 spiro atoms. The summed E-state index contributed by atoms with van der Waals surface area (Å²) in [7, 11) is 4.47. The molecule has 5 atom stereocenters. The van der Waals surface area contributed by atoms with Gasteiger partial charge in [0.2, 0.25) is 0 Å². The van der Waals surface area contributed by atoms with E-state index in [9.17, 15) is 0 Å². The Kier molecular flexibility index (Phi) is 3.76. The molecule has 3 heterocycles. The second kappa shape index (κ2) is 6.24. The summed E-state index contributed by atoms with van der Waals surface area (Å²) >= 11 is 0. The zero-order valence-electron chi connectivity index (χ0n) is 19.4. The van der Waals surface area contributed by atoms with E-state index in [1.165, 1.54) is 47.8 Å². The second-order valence-corrected chi connectivity index (χ2v) is 11.4. The predicted octanol–water partition coefficient (Wildman–Crippen LogP) is 5.64. The van der Waals surface area contributed by atoms with Crippen LogP contribution in [-0.4, -0.2) is 46.4 Å². The standard InChI is InChI=1S/C28H33N3O/c1-26-11-10-21-15-20-5-6-22(31(2)3)16-27(20)12-13-28(21,32-27)25(26)9-7-23(26)18-4-8-24-19(14-18)17-29-30-24/h4,7-8,10,14-15,17,22,25H,5-6,9,11-13,16H2,1-3H3,(H,29,30)/t22-,25-,26?,27-,28-/m1/s1. The Morgan fingerprint density at radius 1 is 1.19 bits per heavy atom. The van der Waals surface area contributed by atoms with Gasteiger partial charge in [0.1, 0.15) is 0 Å². The highest BCUT2D eigenvalue weighted by molar-refractivity contribution is 5.85. The predicted molar refractivity (Wildman–Crippen MR) is 128 cm³/mol. The van der Waals surface area contributed by atoms with E-state index >= 15 is 0 Å². The van der Waals surface area contributed by atoms with Crippen LogP contribution >= 0.6 is 0 Å². The van der Waals surface area contributed by atoms with Gasteiger partial charge < -0.3 is 9.64 Å². The monoisotopic (exact) mass is 427 g/mol. The fourth-order valence-electron chi connectivity index (χ4n) is 7.96. The minimum atomic E-state index is -0.108. The number of aromatic amines is 1. The SMILES string of the molecule is CN(C)[C@@H]1CCC2=CC3=CCC4(C)C(c5ccc6[nH]ncc6c5)=CC[C@H]4[C@@]34CC[C@]2(C1)O4. The van der Waals surface area contributed by atoms with Crippen LogP contribution in [0.1, 0.15) is 57.4 Å². The van der Waals surface area contributed by atoms with Gasteiger partial charge >= 0.3 is 0 Å². The van der Waals surface area contributed by atoms with Crippen LogP contribution in [0.5, 0.6) is 0 Å². The Morgan fingerprint density at radius 3 is 2.97 bits per heavy atom. The first-order chi connectivity index (χ1) is 15.4. The van der Waals surface area contributed by atoms with Crippen LogP contribution in [0.25, 0.3) is 16.5 Å². The van der Waals surface area contributed by atoms with Crippen LogP contribution in [0.3, 0.4) is 0 Å².